The number of rotatable bonds is 2. The lowest BCUT2D eigenvalue weighted by Crippen LogP contribution is -2.50. The van der Waals surface area contributed by atoms with E-state index in [9.17, 15) is 9.59 Å². The Labute approximate surface area is 114 Å². The molecule has 6 nitrogen and oxygen atoms in total. The van der Waals surface area contributed by atoms with Crippen LogP contribution in [0.25, 0.3) is 0 Å². The summed E-state index contributed by atoms with van der Waals surface area (Å²) in [5, 5.41) is 2.83. The number of likely N-dealkylation sites (tertiary alicyclic amines) is 1. The number of nitrogens with zero attached hydrogens (tertiary/aromatic N) is 1. The molecule has 0 aliphatic carbocycles. The molecule has 0 unspecified atom stereocenters. The lowest BCUT2D eigenvalue weighted by atomic mass is 10.0. The summed E-state index contributed by atoms with van der Waals surface area (Å²) in [6.45, 7) is 8.43. The Morgan fingerprint density at radius 1 is 1.32 bits per heavy atom. The molecule has 1 heterocycles. The molecule has 0 aromatic carbocycles. The van der Waals surface area contributed by atoms with Crippen LogP contribution in [0.1, 0.15) is 40.5 Å². The van der Waals surface area contributed by atoms with Gasteiger partial charge in [0.25, 0.3) is 0 Å². The number of nitrogens with one attached hydrogen (secondary N) is 1. The minimum Gasteiger partial charge on any atom is -0.444 e. The van der Waals surface area contributed by atoms with E-state index in [0.29, 0.717) is 13.1 Å². The minimum atomic E-state index is -0.490. The standard InChI is InChI=1S/C13H25N3O3/c1-9(14)11(17)16-7-5-10(6-8-16)15-12(18)19-13(2,3)4/h9-10H,5-8,14H2,1-4H3,(H,15,18)/t9-/m1/s1. The average Bonchev–Trinajstić information content (AvgIpc) is 2.26. The molecular formula is C13H25N3O3. The molecule has 0 bridgehead atoms. The van der Waals surface area contributed by atoms with Crippen molar-refractivity contribution in [3.05, 3.63) is 0 Å². The van der Waals surface area contributed by atoms with E-state index in [-0.39, 0.29) is 11.9 Å². The van der Waals surface area contributed by atoms with Gasteiger partial charge in [0.2, 0.25) is 5.91 Å². The first kappa shape index (κ1) is 15.8. The molecule has 110 valence electrons. The second-order valence-electron chi connectivity index (χ2n) is 6.03. The number of amides is 2. The van der Waals surface area contributed by atoms with Gasteiger partial charge in [0.15, 0.2) is 0 Å². The van der Waals surface area contributed by atoms with Gasteiger partial charge in [0.1, 0.15) is 5.60 Å². The number of nitrogens with two attached hydrogens (primary N) is 1. The number of carbonyl (C=O) groups is 2. The molecule has 3 N–H and O–H groups in total. The highest BCUT2D eigenvalue weighted by Crippen LogP contribution is 2.13. The number of hydrogen-bond donors (Lipinski definition) is 2. The van der Waals surface area contributed by atoms with Crippen LogP contribution in [0.5, 0.6) is 0 Å². The third-order valence-corrected chi connectivity index (χ3v) is 2.92. The zero-order valence-corrected chi connectivity index (χ0v) is 12.2. The van der Waals surface area contributed by atoms with Crippen molar-refractivity contribution in [2.24, 2.45) is 5.73 Å². The van der Waals surface area contributed by atoms with Crippen LogP contribution < -0.4 is 11.1 Å². The molecule has 6 heteroatoms. The topological polar surface area (TPSA) is 84.7 Å². The van der Waals surface area contributed by atoms with E-state index in [2.05, 4.69) is 5.32 Å². The Balaban J connectivity index is 2.34. The molecule has 1 aliphatic heterocycles. The lowest BCUT2D eigenvalue weighted by molar-refractivity contribution is -0.133. The number of piperidine rings is 1. The Kier molecular flexibility index (Phi) is 5.17. The molecule has 1 fully saturated rings. The van der Waals surface area contributed by atoms with E-state index < -0.39 is 17.7 Å². The summed E-state index contributed by atoms with van der Waals surface area (Å²) in [5.41, 5.74) is 5.08. The minimum absolute atomic E-state index is 0.0317. The van der Waals surface area contributed by atoms with Crippen molar-refractivity contribution in [1.82, 2.24) is 10.2 Å². The van der Waals surface area contributed by atoms with Gasteiger partial charge in [-0.25, -0.2) is 4.79 Å². The largest absolute Gasteiger partial charge is 0.444 e. The number of ether oxygens (including phenoxy) is 1. The lowest BCUT2D eigenvalue weighted by Gasteiger charge is -2.33. The maximum atomic E-state index is 11.7. The second kappa shape index (κ2) is 6.23. The summed E-state index contributed by atoms with van der Waals surface area (Å²) >= 11 is 0. The Morgan fingerprint density at radius 3 is 2.26 bits per heavy atom. The fourth-order valence-electron chi connectivity index (χ4n) is 2.01. The van der Waals surface area contributed by atoms with E-state index in [1.165, 1.54) is 0 Å². The van der Waals surface area contributed by atoms with Gasteiger partial charge in [0, 0.05) is 19.1 Å². The summed E-state index contributed by atoms with van der Waals surface area (Å²) in [4.78, 5) is 25.1. The fourth-order valence-corrected chi connectivity index (χ4v) is 2.01. The van der Waals surface area contributed by atoms with Gasteiger partial charge in [-0.05, 0) is 40.5 Å². The Bertz CT molecular complexity index is 329. The molecule has 0 aromatic rings. The van der Waals surface area contributed by atoms with Gasteiger partial charge >= 0.3 is 6.09 Å². The van der Waals surface area contributed by atoms with Gasteiger partial charge in [-0.1, -0.05) is 0 Å². The predicted molar refractivity (Wildman–Crippen MR) is 72.6 cm³/mol. The number of hydrogen-bond acceptors (Lipinski definition) is 4. The van der Waals surface area contributed by atoms with Crippen LogP contribution in [0.2, 0.25) is 0 Å². The molecule has 0 radical (unpaired) electrons. The van der Waals surface area contributed by atoms with Crippen molar-refractivity contribution >= 4 is 12.0 Å². The van der Waals surface area contributed by atoms with Crippen molar-refractivity contribution in [2.45, 2.75) is 58.2 Å². The predicted octanol–water partition coefficient (Wildman–Crippen LogP) is 0.849. The molecule has 0 spiro atoms. The molecule has 1 rings (SSSR count). The SMILES string of the molecule is C[C@@H](N)C(=O)N1CCC(NC(=O)OC(C)(C)C)CC1. The molecule has 1 saturated heterocycles. The summed E-state index contributed by atoms with van der Waals surface area (Å²) in [6.07, 6.45) is 1.07. The summed E-state index contributed by atoms with van der Waals surface area (Å²) < 4.78 is 5.20. The highest BCUT2D eigenvalue weighted by Gasteiger charge is 2.26. The van der Waals surface area contributed by atoms with Crippen molar-refractivity contribution in [1.29, 1.82) is 0 Å². The van der Waals surface area contributed by atoms with Crippen LogP contribution in [0.15, 0.2) is 0 Å². The van der Waals surface area contributed by atoms with Crippen molar-refractivity contribution in [3.8, 4) is 0 Å². The third kappa shape index (κ3) is 5.46. The Hall–Kier alpha value is -1.30. The fraction of sp³-hybridized carbons (Fsp3) is 0.846. The van der Waals surface area contributed by atoms with E-state index >= 15 is 0 Å². The summed E-state index contributed by atoms with van der Waals surface area (Å²) in [6, 6.07) is -0.401. The van der Waals surface area contributed by atoms with E-state index in [1.54, 1.807) is 11.8 Å². The van der Waals surface area contributed by atoms with E-state index in [0.717, 1.165) is 12.8 Å². The van der Waals surface area contributed by atoms with E-state index in [1.807, 2.05) is 20.8 Å². The molecule has 0 saturated carbocycles. The molecule has 1 aliphatic rings. The second-order valence-corrected chi connectivity index (χ2v) is 6.03. The van der Waals surface area contributed by atoms with Gasteiger partial charge in [-0.3, -0.25) is 4.79 Å². The van der Waals surface area contributed by atoms with Crippen LogP contribution >= 0.6 is 0 Å². The van der Waals surface area contributed by atoms with Crippen molar-refractivity contribution in [3.63, 3.8) is 0 Å². The zero-order chi connectivity index (χ0) is 14.6. The molecule has 2 amide bonds. The molecule has 19 heavy (non-hydrogen) atoms. The Morgan fingerprint density at radius 2 is 1.84 bits per heavy atom. The highest BCUT2D eigenvalue weighted by atomic mass is 16.6. The number of carbonyl (C=O) groups excluding carboxylic acids is 2. The normalized spacial score (nSPS) is 18.9. The van der Waals surface area contributed by atoms with Gasteiger partial charge in [0.05, 0.1) is 6.04 Å². The maximum Gasteiger partial charge on any atom is 0.407 e. The quantitative estimate of drug-likeness (QED) is 0.779. The smallest absolute Gasteiger partial charge is 0.407 e. The summed E-state index contributed by atoms with van der Waals surface area (Å²) in [7, 11) is 0. The monoisotopic (exact) mass is 271 g/mol. The van der Waals surface area contributed by atoms with Crippen LogP contribution in [0.3, 0.4) is 0 Å². The van der Waals surface area contributed by atoms with Crippen molar-refractivity contribution in [2.75, 3.05) is 13.1 Å². The van der Waals surface area contributed by atoms with E-state index in [4.69, 9.17) is 10.5 Å². The van der Waals surface area contributed by atoms with Crippen LogP contribution in [-0.4, -0.2) is 47.7 Å². The molecular weight excluding hydrogens is 246 g/mol. The third-order valence-electron chi connectivity index (χ3n) is 2.92. The highest BCUT2D eigenvalue weighted by molar-refractivity contribution is 5.81. The maximum absolute atomic E-state index is 11.7. The van der Waals surface area contributed by atoms with Crippen LogP contribution in [0, 0.1) is 0 Å². The van der Waals surface area contributed by atoms with Gasteiger partial charge in [-0.2, -0.15) is 0 Å². The van der Waals surface area contributed by atoms with Crippen LogP contribution in [-0.2, 0) is 9.53 Å². The average molecular weight is 271 g/mol. The zero-order valence-electron chi connectivity index (χ0n) is 12.2. The van der Waals surface area contributed by atoms with Crippen molar-refractivity contribution < 1.29 is 14.3 Å². The first-order chi connectivity index (χ1) is 8.69. The number of alkyl carbamates (subject to hydrolysis) is 1. The van der Waals surface area contributed by atoms with Crippen LogP contribution in [0.4, 0.5) is 4.79 Å². The first-order valence-electron chi connectivity index (χ1n) is 6.73. The van der Waals surface area contributed by atoms with Gasteiger partial charge < -0.3 is 20.7 Å². The molecule has 0 aromatic heterocycles. The molecule has 1 atom stereocenters. The first-order valence-corrected chi connectivity index (χ1v) is 6.73. The summed E-state index contributed by atoms with van der Waals surface area (Å²) in [5.74, 6) is -0.0317. The van der Waals surface area contributed by atoms with Gasteiger partial charge in [-0.15, -0.1) is 0 Å².